The van der Waals surface area contributed by atoms with E-state index in [1.165, 1.54) is 16.1 Å². The number of aromatic nitrogens is 5. The molecule has 1 aromatic carbocycles. The molecule has 0 bridgehead atoms. The van der Waals surface area contributed by atoms with Crippen LogP contribution in [0.1, 0.15) is 37.9 Å². The summed E-state index contributed by atoms with van der Waals surface area (Å²) in [7, 11) is 3.28. The van der Waals surface area contributed by atoms with Crippen molar-refractivity contribution < 1.29 is 19.7 Å². The minimum absolute atomic E-state index is 0.0764. The van der Waals surface area contributed by atoms with Crippen LogP contribution in [0.3, 0.4) is 0 Å². The van der Waals surface area contributed by atoms with Gasteiger partial charge in [-0.15, -0.1) is 4.80 Å². The van der Waals surface area contributed by atoms with Crippen molar-refractivity contribution in [1.29, 1.82) is 0 Å². The van der Waals surface area contributed by atoms with Gasteiger partial charge < -0.3 is 19.8 Å². The van der Waals surface area contributed by atoms with E-state index < -0.39 is 17.3 Å². The first kappa shape index (κ1) is 30.7. The van der Waals surface area contributed by atoms with Crippen molar-refractivity contribution >= 4 is 27.5 Å². The number of thiophene rings is 1. The van der Waals surface area contributed by atoms with Crippen molar-refractivity contribution in [2.45, 2.75) is 52.7 Å². The zero-order chi connectivity index (χ0) is 29.6. The van der Waals surface area contributed by atoms with Gasteiger partial charge in [0.05, 0.1) is 38.1 Å². The van der Waals surface area contributed by atoms with E-state index in [4.69, 9.17) is 14.9 Å². The number of benzene rings is 1. The Morgan fingerprint density at radius 2 is 1.73 bits per heavy atom. The standard InChI is InChI=1S/C25H30N6O4S.C2H6O2/c1-15(2)28(5)21(32)17(4)30-22(33)20-16(3)23(31-26-12-13-27-31)36-24(20)29(25(30)34)14-11-18-9-7-8-10-19(18)35-6;3-1-2-4/h7-10,12-13,15,17H,11,14H2,1-6H3;3-4H,1-2H2. The van der Waals surface area contributed by atoms with E-state index in [-0.39, 0.29) is 25.2 Å². The van der Waals surface area contributed by atoms with Crippen molar-refractivity contribution in [3.05, 3.63) is 68.6 Å². The molecule has 0 fully saturated rings. The van der Waals surface area contributed by atoms with Gasteiger partial charge in [0.15, 0.2) is 0 Å². The van der Waals surface area contributed by atoms with Gasteiger partial charge in [-0.1, -0.05) is 29.5 Å². The fraction of sp³-hybridized carbons (Fsp3) is 0.444. The molecule has 0 spiro atoms. The molecule has 40 heavy (non-hydrogen) atoms. The molecule has 0 radical (unpaired) electrons. The minimum Gasteiger partial charge on any atom is -0.496 e. The molecule has 13 heteroatoms. The molecule has 0 saturated carbocycles. The average molecular weight is 573 g/mol. The topological polar surface area (TPSA) is 145 Å². The van der Waals surface area contributed by atoms with Crippen LogP contribution >= 0.6 is 11.3 Å². The van der Waals surface area contributed by atoms with Crippen molar-refractivity contribution in [3.63, 3.8) is 0 Å². The van der Waals surface area contributed by atoms with E-state index in [0.29, 0.717) is 33.7 Å². The number of rotatable bonds is 9. The molecule has 2 N–H and O–H groups in total. The van der Waals surface area contributed by atoms with Gasteiger partial charge in [-0.25, -0.2) is 9.36 Å². The normalized spacial score (nSPS) is 11.8. The maximum Gasteiger partial charge on any atom is 0.332 e. The molecule has 1 amide bonds. The van der Waals surface area contributed by atoms with Gasteiger partial charge in [0.25, 0.3) is 5.56 Å². The SMILES string of the molecule is COc1ccccc1CCn1c(=O)n(C(C)C(=O)N(C)C(C)C)c(=O)c2c(C)c(-n3nccn3)sc21.OCCO. The van der Waals surface area contributed by atoms with Crippen molar-refractivity contribution in [3.8, 4) is 10.8 Å². The second-order valence-electron chi connectivity index (χ2n) is 9.37. The molecule has 0 saturated heterocycles. The van der Waals surface area contributed by atoms with Crippen molar-refractivity contribution in [2.24, 2.45) is 0 Å². The van der Waals surface area contributed by atoms with E-state index in [2.05, 4.69) is 10.2 Å². The van der Waals surface area contributed by atoms with Crippen molar-refractivity contribution in [2.75, 3.05) is 27.4 Å². The highest BCUT2D eigenvalue weighted by Gasteiger charge is 2.28. The molecule has 0 aliphatic heterocycles. The van der Waals surface area contributed by atoms with Gasteiger partial charge in [0.2, 0.25) is 5.91 Å². The Kier molecular flexibility index (Phi) is 10.4. The number of likely N-dealkylation sites (N-methyl/N-ethyl adjacent to an activating group) is 1. The van der Waals surface area contributed by atoms with E-state index in [0.717, 1.165) is 15.9 Å². The average Bonchev–Trinajstić information content (AvgIpc) is 3.60. The van der Waals surface area contributed by atoms with Gasteiger partial charge in [-0.2, -0.15) is 10.2 Å². The number of aryl methyl sites for hydroxylation is 3. The highest BCUT2D eigenvalue weighted by molar-refractivity contribution is 7.21. The number of fused-ring (bicyclic) bond motifs is 1. The molecule has 12 nitrogen and oxygen atoms in total. The summed E-state index contributed by atoms with van der Waals surface area (Å²) < 4.78 is 8.13. The monoisotopic (exact) mass is 572 g/mol. The van der Waals surface area contributed by atoms with Crippen LogP contribution in [0.5, 0.6) is 5.75 Å². The number of ether oxygens (including phenoxy) is 1. The lowest BCUT2D eigenvalue weighted by Gasteiger charge is -2.26. The first-order valence-electron chi connectivity index (χ1n) is 12.8. The van der Waals surface area contributed by atoms with E-state index in [9.17, 15) is 14.4 Å². The van der Waals surface area contributed by atoms with Gasteiger partial charge in [-0.3, -0.25) is 14.2 Å². The molecular weight excluding hydrogens is 536 g/mol. The van der Waals surface area contributed by atoms with Gasteiger partial charge in [-0.05, 0) is 45.7 Å². The minimum atomic E-state index is -0.968. The molecule has 3 aromatic heterocycles. The third-order valence-corrected chi connectivity index (χ3v) is 7.86. The van der Waals surface area contributed by atoms with Crippen molar-refractivity contribution in [1.82, 2.24) is 29.0 Å². The number of hydrogen-bond donors (Lipinski definition) is 2. The smallest absolute Gasteiger partial charge is 0.332 e. The molecule has 4 rings (SSSR count). The van der Waals surface area contributed by atoms with E-state index >= 15 is 0 Å². The summed E-state index contributed by atoms with van der Waals surface area (Å²) in [4.78, 5) is 44.2. The summed E-state index contributed by atoms with van der Waals surface area (Å²) in [6, 6.07) is 6.57. The first-order chi connectivity index (χ1) is 19.1. The lowest BCUT2D eigenvalue weighted by molar-refractivity contribution is -0.134. The molecule has 4 aromatic rings. The third kappa shape index (κ3) is 6.16. The lowest BCUT2D eigenvalue weighted by atomic mass is 10.1. The molecule has 0 aliphatic carbocycles. The zero-order valence-corrected chi connectivity index (χ0v) is 24.4. The maximum atomic E-state index is 13.8. The van der Waals surface area contributed by atoms with Gasteiger partial charge in [0.1, 0.15) is 21.6 Å². The Hall–Kier alpha value is -3.81. The van der Waals surface area contributed by atoms with Crippen LogP contribution in [-0.2, 0) is 17.8 Å². The summed E-state index contributed by atoms with van der Waals surface area (Å²) in [6.45, 7) is 7.22. The second kappa shape index (κ2) is 13.5. The van der Waals surface area contributed by atoms with Crippen LogP contribution < -0.4 is 16.0 Å². The highest BCUT2D eigenvalue weighted by atomic mass is 32.1. The molecule has 1 atom stereocenters. The first-order valence-corrected chi connectivity index (χ1v) is 13.7. The number of methoxy groups -OCH3 is 1. The Labute approximate surface area is 235 Å². The van der Waals surface area contributed by atoms with Crippen LogP contribution in [0.25, 0.3) is 15.2 Å². The number of para-hydroxylation sites is 1. The Morgan fingerprint density at radius 1 is 1.10 bits per heavy atom. The summed E-state index contributed by atoms with van der Waals surface area (Å²) in [5, 5.41) is 24.7. The molecule has 0 aliphatic rings. The Balaban J connectivity index is 0.00000103. The fourth-order valence-corrected chi connectivity index (χ4v) is 5.44. The second-order valence-corrected chi connectivity index (χ2v) is 10.3. The molecule has 1 unspecified atom stereocenters. The molecule has 3 heterocycles. The largest absolute Gasteiger partial charge is 0.496 e. The summed E-state index contributed by atoms with van der Waals surface area (Å²) in [6.07, 6.45) is 3.61. The Morgan fingerprint density at radius 3 is 2.30 bits per heavy atom. The number of hydrogen-bond acceptors (Lipinski definition) is 9. The number of amides is 1. The fourth-order valence-electron chi connectivity index (χ4n) is 4.20. The van der Waals surface area contributed by atoms with Crippen LogP contribution in [0.15, 0.2) is 46.2 Å². The Bertz CT molecular complexity index is 1550. The van der Waals surface area contributed by atoms with Gasteiger partial charge >= 0.3 is 5.69 Å². The predicted molar refractivity (Wildman–Crippen MR) is 153 cm³/mol. The number of aliphatic hydroxyl groups excluding tert-OH is 2. The highest BCUT2D eigenvalue weighted by Crippen LogP contribution is 2.31. The number of carbonyl (C=O) groups is 1. The number of aliphatic hydroxyl groups is 2. The zero-order valence-electron chi connectivity index (χ0n) is 23.6. The summed E-state index contributed by atoms with van der Waals surface area (Å²) >= 11 is 1.28. The van der Waals surface area contributed by atoms with Crippen LogP contribution in [-0.4, -0.2) is 78.6 Å². The quantitative estimate of drug-likeness (QED) is 0.309. The van der Waals surface area contributed by atoms with Gasteiger partial charge in [0, 0.05) is 25.2 Å². The van der Waals surface area contributed by atoms with E-state index in [1.54, 1.807) is 42.9 Å². The number of nitrogens with zero attached hydrogens (tertiary/aromatic N) is 6. The predicted octanol–water partition coefficient (Wildman–Crippen LogP) is 1.76. The van der Waals surface area contributed by atoms with Crippen LogP contribution in [0, 0.1) is 6.92 Å². The third-order valence-electron chi connectivity index (χ3n) is 6.58. The van der Waals surface area contributed by atoms with Crippen LogP contribution in [0.2, 0.25) is 0 Å². The summed E-state index contributed by atoms with van der Waals surface area (Å²) in [5.74, 6) is 0.419. The molecular formula is C27H36N6O6S. The van der Waals surface area contributed by atoms with Crippen LogP contribution in [0.4, 0.5) is 0 Å². The summed E-state index contributed by atoms with van der Waals surface area (Å²) in [5.41, 5.74) is 0.576. The number of carbonyl (C=O) groups excluding carboxylic acids is 1. The van der Waals surface area contributed by atoms with E-state index in [1.807, 2.05) is 45.0 Å². The molecule has 216 valence electrons. The lowest BCUT2D eigenvalue weighted by Crippen LogP contribution is -2.47. The maximum absolute atomic E-state index is 13.8.